The van der Waals surface area contributed by atoms with E-state index >= 15 is 0 Å². The van der Waals surface area contributed by atoms with E-state index in [-0.39, 0.29) is 11.4 Å². The highest BCUT2D eigenvalue weighted by Crippen LogP contribution is 2.44. The lowest BCUT2D eigenvalue weighted by molar-refractivity contribution is 0.111. The van der Waals surface area contributed by atoms with Crippen LogP contribution in [0.3, 0.4) is 0 Å². The summed E-state index contributed by atoms with van der Waals surface area (Å²) in [5.41, 5.74) is 2.60. The normalized spacial score (nSPS) is 16.8. The van der Waals surface area contributed by atoms with Crippen LogP contribution in [0, 0.1) is 13.8 Å². The molecule has 1 aliphatic heterocycles. The number of aromatic hydroxyl groups is 1. The first-order chi connectivity index (χ1) is 7.37. The monoisotopic (exact) mass is 220 g/mol. The lowest BCUT2D eigenvalue weighted by atomic mass is 9.93. The molecule has 2 rings (SSSR count). The van der Waals surface area contributed by atoms with Crippen molar-refractivity contribution in [3.8, 4) is 11.5 Å². The Kier molecular flexibility index (Phi) is 2.22. The highest BCUT2D eigenvalue weighted by atomic mass is 16.5. The van der Waals surface area contributed by atoms with Crippen molar-refractivity contribution in [1.82, 2.24) is 0 Å². The number of fused-ring (bicyclic) bond motifs is 1. The molecule has 0 fully saturated rings. The number of phenols is 1. The average molecular weight is 220 g/mol. The minimum Gasteiger partial charge on any atom is -0.507 e. The summed E-state index contributed by atoms with van der Waals surface area (Å²) in [7, 11) is 0. The van der Waals surface area contributed by atoms with Crippen molar-refractivity contribution in [2.24, 2.45) is 0 Å². The summed E-state index contributed by atoms with van der Waals surface area (Å²) in [5.74, 6) is 0.856. The first-order valence-corrected chi connectivity index (χ1v) is 5.36. The molecule has 0 radical (unpaired) electrons. The fourth-order valence-corrected chi connectivity index (χ4v) is 2.27. The van der Waals surface area contributed by atoms with Crippen molar-refractivity contribution in [2.45, 2.75) is 39.7 Å². The fraction of sp³-hybridized carbons (Fsp3) is 0.462. The minimum atomic E-state index is -0.258. The second kappa shape index (κ2) is 3.24. The minimum absolute atomic E-state index is 0.0903. The first kappa shape index (κ1) is 11.0. The van der Waals surface area contributed by atoms with Crippen LogP contribution in [0.5, 0.6) is 11.5 Å². The Morgan fingerprint density at radius 3 is 2.50 bits per heavy atom. The summed E-state index contributed by atoms with van der Waals surface area (Å²) < 4.78 is 5.83. The van der Waals surface area contributed by atoms with Crippen LogP contribution in [-0.4, -0.2) is 17.0 Å². The number of rotatable bonds is 1. The molecule has 3 nitrogen and oxygen atoms in total. The number of ether oxygens (including phenoxy) is 1. The summed E-state index contributed by atoms with van der Waals surface area (Å²) in [6, 6.07) is 0. The predicted octanol–water partition coefficient (Wildman–Crippen LogP) is 2.54. The number of phenolic OH excluding ortho intramolecular Hbond substituents is 1. The van der Waals surface area contributed by atoms with Crippen LogP contribution in [0.1, 0.15) is 40.9 Å². The summed E-state index contributed by atoms with van der Waals surface area (Å²) in [4.78, 5) is 10.9. The van der Waals surface area contributed by atoms with E-state index in [2.05, 4.69) is 0 Å². The molecule has 0 atom stereocenters. The Morgan fingerprint density at radius 1 is 1.31 bits per heavy atom. The maximum atomic E-state index is 10.9. The van der Waals surface area contributed by atoms with Crippen LogP contribution in [0.2, 0.25) is 0 Å². The third kappa shape index (κ3) is 1.39. The van der Waals surface area contributed by atoms with E-state index in [1.54, 1.807) is 0 Å². The zero-order chi connectivity index (χ0) is 12.1. The van der Waals surface area contributed by atoms with Crippen molar-refractivity contribution in [1.29, 1.82) is 0 Å². The molecule has 3 heteroatoms. The number of hydrogen-bond acceptors (Lipinski definition) is 3. The molecule has 0 saturated carbocycles. The smallest absolute Gasteiger partial charge is 0.154 e. The standard InChI is InChI=1S/C13H16O3/c1-7-9-5-13(3,4)16-12(9)8(2)10(6-14)11(7)15/h6,15H,5H2,1-4H3. The molecule has 0 aromatic heterocycles. The molecule has 0 unspecified atom stereocenters. The predicted molar refractivity (Wildman–Crippen MR) is 61.4 cm³/mol. The van der Waals surface area contributed by atoms with Crippen molar-refractivity contribution < 1.29 is 14.6 Å². The second-order valence-corrected chi connectivity index (χ2v) is 4.98. The number of benzene rings is 1. The van der Waals surface area contributed by atoms with E-state index in [4.69, 9.17) is 4.74 Å². The Morgan fingerprint density at radius 2 is 1.94 bits per heavy atom. The highest BCUT2D eigenvalue weighted by molar-refractivity contribution is 5.85. The molecule has 1 aromatic rings. The number of carbonyl (C=O) groups excluding carboxylic acids is 1. The fourth-order valence-electron chi connectivity index (χ4n) is 2.27. The van der Waals surface area contributed by atoms with Crippen LogP contribution in [0.15, 0.2) is 0 Å². The third-order valence-corrected chi connectivity index (χ3v) is 3.18. The van der Waals surface area contributed by atoms with Gasteiger partial charge in [-0.2, -0.15) is 0 Å². The largest absolute Gasteiger partial charge is 0.507 e. The molecule has 0 bridgehead atoms. The van der Waals surface area contributed by atoms with Crippen LogP contribution < -0.4 is 4.74 Å². The van der Waals surface area contributed by atoms with Crippen molar-refractivity contribution >= 4 is 6.29 Å². The van der Waals surface area contributed by atoms with E-state index < -0.39 is 0 Å². The first-order valence-electron chi connectivity index (χ1n) is 5.36. The SMILES string of the molecule is Cc1c(O)c(C=O)c(C)c2c1CC(C)(C)O2. The van der Waals surface area contributed by atoms with Gasteiger partial charge in [0.1, 0.15) is 17.1 Å². The lowest BCUT2D eigenvalue weighted by Crippen LogP contribution is -2.24. The quantitative estimate of drug-likeness (QED) is 0.740. The van der Waals surface area contributed by atoms with Crippen LogP contribution in [0.4, 0.5) is 0 Å². The van der Waals surface area contributed by atoms with Crippen molar-refractivity contribution in [3.05, 3.63) is 22.3 Å². The van der Waals surface area contributed by atoms with Gasteiger partial charge in [0.25, 0.3) is 0 Å². The van der Waals surface area contributed by atoms with E-state index in [1.807, 2.05) is 27.7 Å². The molecule has 1 aliphatic rings. The summed E-state index contributed by atoms with van der Waals surface area (Å²) in [6.45, 7) is 7.64. The summed E-state index contributed by atoms with van der Waals surface area (Å²) in [6.07, 6.45) is 1.45. The van der Waals surface area contributed by atoms with Gasteiger partial charge in [-0.25, -0.2) is 0 Å². The molecular formula is C13H16O3. The average Bonchev–Trinajstić information content (AvgIpc) is 2.52. The number of hydrogen-bond donors (Lipinski definition) is 1. The van der Waals surface area contributed by atoms with Crippen LogP contribution in [0.25, 0.3) is 0 Å². The maximum Gasteiger partial charge on any atom is 0.154 e. The van der Waals surface area contributed by atoms with E-state index in [0.717, 1.165) is 28.9 Å². The van der Waals surface area contributed by atoms with Crippen LogP contribution >= 0.6 is 0 Å². The molecular weight excluding hydrogens is 204 g/mol. The molecule has 0 amide bonds. The van der Waals surface area contributed by atoms with Crippen LogP contribution in [-0.2, 0) is 6.42 Å². The topological polar surface area (TPSA) is 46.5 Å². The summed E-state index contributed by atoms with van der Waals surface area (Å²) >= 11 is 0. The van der Waals surface area contributed by atoms with Gasteiger partial charge in [0.15, 0.2) is 6.29 Å². The zero-order valence-electron chi connectivity index (χ0n) is 10.0. The van der Waals surface area contributed by atoms with Gasteiger partial charge in [-0.1, -0.05) is 0 Å². The van der Waals surface area contributed by atoms with Gasteiger partial charge in [0.2, 0.25) is 0 Å². The van der Waals surface area contributed by atoms with E-state index in [9.17, 15) is 9.90 Å². The van der Waals surface area contributed by atoms with E-state index in [0.29, 0.717) is 11.8 Å². The van der Waals surface area contributed by atoms with Gasteiger partial charge < -0.3 is 9.84 Å². The molecule has 86 valence electrons. The zero-order valence-corrected chi connectivity index (χ0v) is 10.0. The molecule has 0 spiro atoms. The van der Waals surface area contributed by atoms with Gasteiger partial charge in [-0.3, -0.25) is 4.79 Å². The van der Waals surface area contributed by atoms with Crippen molar-refractivity contribution in [2.75, 3.05) is 0 Å². The second-order valence-electron chi connectivity index (χ2n) is 4.98. The number of carbonyl (C=O) groups is 1. The highest BCUT2D eigenvalue weighted by Gasteiger charge is 2.34. The molecule has 1 heterocycles. The molecule has 0 saturated heterocycles. The van der Waals surface area contributed by atoms with Gasteiger partial charge in [0, 0.05) is 17.5 Å². The molecule has 1 N–H and O–H groups in total. The Balaban J connectivity index is 2.73. The van der Waals surface area contributed by atoms with E-state index in [1.165, 1.54) is 0 Å². The number of aldehydes is 1. The Hall–Kier alpha value is -1.51. The maximum absolute atomic E-state index is 10.9. The molecule has 0 aliphatic carbocycles. The molecule has 16 heavy (non-hydrogen) atoms. The Bertz CT molecular complexity index is 473. The lowest BCUT2D eigenvalue weighted by Gasteiger charge is -2.18. The van der Waals surface area contributed by atoms with Gasteiger partial charge in [-0.15, -0.1) is 0 Å². The Labute approximate surface area is 95.0 Å². The third-order valence-electron chi connectivity index (χ3n) is 3.18. The van der Waals surface area contributed by atoms with Crippen molar-refractivity contribution in [3.63, 3.8) is 0 Å². The van der Waals surface area contributed by atoms with Gasteiger partial charge >= 0.3 is 0 Å². The van der Waals surface area contributed by atoms with Gasteiger partial charge in [-0.05, 0) is 33.3 Å². The summed E-state index contributed by atoms with van der Waals surface area (Å²) in [5, 5.41) is 9.93. The van der Waals surface area contributed by atoms with Gasteiger partial charge in [0.05, 0.1) is 5.56 Å². The molecule has 1 aromatic carbocycles.